The summed E-state index contributed by atoms with van der Waals surface area (Å²) >= 11 is 0. The van der Waals surface area contributed by atoms with Crippen LogP contribution in [0.15, 0.2) is 12.3 Å². The van der Waals surface area contributed by atoms with Crippen molar-refractivity contribution in [2.75, 3.05) is 28.4 Å². The van der Waals surface area contributed by atoms with Crippen LogP contribution in [-0.2, 0) is 18.9 Å². The van der Waals surface area contributed by atoms with E-state index in [1.54, 1.807) is 6.92 Å². The number of carbonyl (C=O) groups is 4. The van der Waals surface area contributed by atoms with Gasteiger partial charge in [-0.1, -0.05) is 0 Å². The quantitative estimate of drug-likeness (QED) is 0.592. The second kappa shape index (κ2) is 7.26. The van der Waals surface area contributed by atoms with Crippen LogP contribution in [0.4, 0.5) is 0 Å². The number of hydrogen-bond acceptors (Lipinski definition) is 8. The maximum Gasteiger partial charge on any atom is 0.340 e. The second-order valence-corrected chi connectivity index (χ2v) is 5.16. The first kappa shape index (κ1) is 19.0. The maximum absolute atomic E-state index is 12.3. The molecule has 138 valence electrons. The van der Waals surface area contributed by atoms with Gasteiger partial charge in [0, 0.05) is 11.9 Å². The number of fused-ring (bicyclic) bond motifs is 1. The zero-order valence-corrected chi connectivity index (χ0v) is 14.9. The van der Waals surface area contributed by atoms with Gasteiger partial charge in [0.2, 0.25) is 0 Å². The van der Waals surface area contributed by atoms with Gasteiger partial charge in [-0.15, -0.1) is 0 Å². The number of aromatic nitrogens is 1. The molecule has 0 amide bonds. The third kappa shape index (κ3) is 2.87. The summed E-state index contributed by atoms with van der Waals surface area (Å²) in [6.07, 6.45) is 1.29. The fourth-order valence-corrected chi connectivity index (χ4v) is 2.66. The Morgan fingerprint density at radius 2 is 1.19 bits per heavy atom. The average molecular weight is 363 g/mol. The second-order valence-electron chi connectivity index (χ2n) is 5.16. The molecule has 2 aromatic rings. The molecule has 0 atom stereocenters. The van der Waals surface area contributed by atoms with E-state index in [-0.39, 0.29) is 27.8 Å². The molecule has 0 aliphatic rings. The van der Waals surface area contributed by atoms with Gasteiger partial charge in [0.1, 0.15) is 0 Å². The van der Waals surface area contributed by atoms with E-state index in [1.165, 1.54) is 23.8 Å². The number of nitrogens with zero attached hydrogens (tertiary/aromatic N) is 1. The van der Waals surface area contributed by atoms with Crippen LogP contribution < -0.4 is 0 Å². The van der Waals surface area contributed by atoms with Crippen LogP contribution in [0.2, 0.25) is 0 Å². The molecular formula is C17H17NO8. The highest BCUT2D eigenvalue weighted by Crippen LogP contribution is 2.28. The van der Waals surface area contributed by atoms with Crippen molar-refractivity contribution in [3.63, 3.8) is 0 Å². The van der Waals surface area contributed by atoms with Crippen molar-refractivity contribution in [1.82, 2.24) is 4.40 Å². The maximum atomic E-state index is 12.3. The SMILES string of the molecule is COC(=O)c1cc2c(C(=O)OC)c(C(=O)OC)c(C)n2cc1C(=O)OC. The fraction of sp³-hybridized carbons (Fsp3) is 0.294. The van der Waals surface area contributed by atoms with E-state index in [1.807, 2.05) is 0 Å². The Balaban J connectivity index is 2.99. The lowest BCUT2D eigenvalue weighted by atomic mass is 10.1. The van der Waals surface area contributed by atoms with Gasteiger partial charge in [0.05, 0.1) is 56.2 Å². The van der Waals surface area contributed by atoms with E-state index >= 15 is 0 Å². The summed E-state index contributed by atoms with van der Waals surface area (Å²) in [6, 6.07) is 1.27. The van der Waals surface area contributed by atoms with Crippen LogP contribution in [0.5, 0.6) is 0 Å². The average Bonchev–Trinajstić information content (AvgIpc) is 2.96. The Labute approximate surface area is 148 Å². The van der Waals surface area contributed by atoms with Crippen molar-refractivity contribution in [3.05, 3.63) is 40.2 Å². The van der Waals surface area contributed by atoms with Gasteiger partial charge >= 0.3 is 23.9 Å². The Morgan fingerprint density at radius 3 is 1.69 bits per heavy atom. The van der Waals surface area contributed by atoms with E-state index in [0.717, 1.165) is 21.3 Å². The Bertz CT molecular complexity index is 925. The highest BCUT2D eigenvalue weighted by atomic mass is 16.5. The number of methoxy groups -OCH3 is 4. The Morgan fingerprint density at radius 1 is 0.731 bits per heavy atom. The van der Waals surface area contributed by atoms with Crippen LogP contribution in [0.1, 0.15) is 47.1 Å². The summed E-state index contributed by atoms with van der Waals surface area (Å²) in [4.78, 5) is 48.6. The molecule has 0 spiro atoms. The molecule has 0 bridgehead atoms. The molecule has 0 saturated heterocycles. The van der Waals surface area contributed by atoms with Gasteiger partial charge in [0.25, 0.3) is 0 Å². The largest absolute Gasteiger partial charge is 0.465 e. The summed E-state index contributed by atoms with van der Waals surface area (Å²) < 4.78 is 20.3. The van der Waals surface area contributed by atoms with Crippen LogP contribution in [0.3, 0.4) is 0 Å². The Kier molecular flexibility index (Phi) is 5.30. The molecule has 0 unspecified atom stereocenters. The fourth-order valence-electron chi connectivity index (χ4n) is 2.66. The molecular weight excluding hydrogens is 346 g/mol. The summed E-state index contributed by atoms with van der Waals surface area (Å²) in [5, 5.41) is 0. The van der Waals surface area contributed by atoms with Gasteiger partial charge in [0.15, 0.2) is 0 Å². The molecule has 9 nitrogen and oxygen atoms in total. The summed E-state index contributed by atoms with van der Waals surface area (Å²) in [5.74, 6) is -3.13. The van der Waals surface area contributed by atoms with E-state index in [9.17, 15) is 19.2 Å². The number of rotatable bonds is 4. The minimum atomic E-state index is -0.804. The number of ether oxygens (including phenoxy) is 4. The lowest BCUT2D eigenvalue weighted by molar-refractivity contribution is 0.0554. The molecule has 9 heteroatoms. The number of aryl methyl sites for hydroxylation is 1. The molecule has 0 aliphatic heterocycles. The van der Waals surface area contributed by atoms with Gasteiger partial charge in [-0.25, -0.2) is 19.2 Å². The zero-order valence-electron chi connectivity index (χ0n) is 14.9. The first-order chi connectivity index (χ1) is 12.3. The van der Waals surface area contributed by atoms with Crippen molar-refractivity contribution in [2.24, 2.45) is 0 Å². The monoisotopic (exact) mass is 363 g/mol. The summed E-state index contributed by atoms with van der Waals surface area (Å²) in [6.45, 7) is 1.56. The van der Waals surface area contributed by atoms with Crippen molar-refractivity contribution >= 4 is 29.4 Å². The molecule has 26 heavy (non-hydrogen) atoms. The number of carbonyl (C=O) groups excluding carboxylic acids is 4. The third-order valence-corrected chi connectivity index (χ3v) is 3.91. The minimum Gasteiger partial charge on any atom is -0.465 e. The predicted octanol–water partition coefficient (Wildman–Crippen LogP) is 1.39. The molecule has 0 saturated carbocycles. The molecule has 2 heterocycles. The molecule has 0 fully saturated rings. The zero-order chi connectivity index (χ0) is 19.6. The first-order valence-corrected chi connectivity index (χ1v) is 7.34. The van der Waals surface area contributed by atoms with E-state index < -0.39 is 23.9 Å². The van der Waals surface area contributed by atoms with Gasteiger partial charge in [-0.2, -0.15) is 0 Å². The van der Waals surface area contributed by atoms with Gasteiger partial charge < -0.3 is 23.3 Å². The lowest BCUT2D eigenvalue weighted by Crippen LogP contribution is -2.14. The van der Waals surface area contributed by atoms with Crippen molar-refractivity contribution in [3.8, 4) is 0 Å². The molecule has 0 aromatic carbocycles. The number of pyridine rings is 1. The van der Waals surface area contributed by atoms with E-state index in [4.69, 9.17) is 14.2 Å². The molecule has 2 aromatic heterocycles. The summed E-state index contributed by atoms with van der Waals surface area (Å²) in [5.41, 5.74) is 0.191. The molecule has 0 radical (unpaired) electrons. The first-order valence-electron chi connectivity index (χ1n) is 7.34. The molecule has 2 rings (SSSR count). The van der Waals surface area contributed by atoms with Crippen LogP contribution in [0, 0.1) is 6.92 Å². The number of esters is 4. The van der Waals surface area contributed by atoms with E-state index in [0.29, 0.717) is 5.69 Å². The smallest absolute Gasteiger partial charge is 0.340 e. The Hall–Kier alpha value is -3.36. The highest BCUT2D eigenvalue weighted by Gasteiger charge is 2.30. The highest BCUT2D eigenvalue weighted by molar-refractivity contribution is 6.11. The van der Waals surface area contributed by atoms with Crippen molar-refractivity contribution in [1.29, 1.82) is 0 Å². The minimum absolute atomic E-state index is 0.0304. The van der Waals surface area contributed by atoms with E-state index in [2.05, 4.69) is 4.74 Å². The van der Waals surface area contributed by atoms with Crippen LogP contribution in [0.25, 0.3) is 5.52 Å². The van der Waals surface area contributed by atoms with Crippen LogP contribution >= 0.6 is 0 Å². The third-order valence-electron chi connectivity index (χ3n) is 3.91. The van der Waals surface area contributed by atoms with Gasteiger partial charge in [-0.3, -0.25) is 0 Å². The lowest BCUT2D eigenvalue weighted by Gasteiger charge is -2.09. The molecule has 0 aliphatic carbocycles. The van der Waals surface area contributed by atoms with Crippen LogP contribution in [-0.4, -0.2) is 56.7 Å². The van der Waals surface area contributed by atoms with Crippen molar-refractivity contribution < 1.29 is 38.1 Å². The number of hydrogen-bond donors (Lipinski definition) is 0. The molecule has 0 N–H and O–H groups in total. The topological polar surface area (TPSA) is 110 Å². The van der Waals surface area contributed by atoms with Crippen molar-refractivity contribution in [2.45, 2.75) is 6.92 Å². The standard InChI is InChI=1S/C17H17NO8/c1-8-12(16(21)25-4)13(17(22)26-5)11-6-9(14(19)23-2)10(7-18(8)11)15(20)24-3/h6-7H,1-5H3. The van der Waals surface area contributed by atoms with Gasteiger partial charge in [-0.05, 0) is 13.0 Å². The predicted molar refractivity (Wildman–Crippen MR) is 87.5 cm³/mol. The normalized spacial score (nSPS) is 10.3. The summed E-state index contributed by atoms with van der Waals surface area (Å²) in [7, 11) is 4.64.